The van der Waals surface area contributed by atoms with Crippen LogP contribution in [0.4, 0.5) is 0 Å². The molecule has 2 heterocycles. The van der Waals surface area contributed by atoms with Crippen molar-refractivity contribution in [2.45, 2.75) is 62.7 Å². The summed E-state index contributed by atoms with van der Waals surface area (Å²) in [5, 5.41) is 7.01. The standard InChI is InChI=1S/C20H29N3O2/c1-3-21-19(23-16-12-14-8-9-18(16)25-14)22-13-20(10-11-20)15-6-4-5-7-17(15)24-2/h4-7,14,16,18H,3,8-13H2,1-2H3,(H2,21,22,23). The molecule has 3 fully saturated rings. The first-order valence-electron chi connectivity index (χ1n) is 9.58. The summed E-state index contributed by atoms with van der Waals surface area (Å²) in [6.07, 6.45) is 6.65. The van der Waals surface area contributed by atoms with Crippen LogP contribution in [0.2, 0.25) is 0 Å². The molecule has 136 valence electrons. The van der Waals surface area contributed by atoms with Gasteiger partial charge in [0.2, 0.25) is 0 Å². The number of hydrogen-bond acceptors (Lipinski definition) is 3. The molecule has 3 aliphatic rings. The van der Waals surface area contributed by atoms with Crippen molar-refractivity contribution in [1.29, 1.82) is 0 Å². The lowest BCUT2D eigenvalue weighted by Crippen LogP contribution is -2.47. The van der Waals surface area contributed by atoms with E-state index in [4.69, 9.17) is 14.5 Å². The van der Waals surface area contributed by atoms with Crippen LogP contribution < -0.4 is 15.4 Å². The maximum absolute atomic E-state index is 5.96. The van der Waals surface area contributed by atoms with Crippen LogP contribution in [0.5, 0.6) is 5.75 Å². The van der Waals surface area contributed by atoms with Crippen molar-refractivity contribution in [3.63, 3.8) is 0 Å². The zero-order chi connectivity index (χ0) is 17.3. The minimum Gasteiger partial charge on any atom is -0.496 e. The van der Waals surface area contributed by atoms with Gasteiger partial charge >= 0.3 is 0 Å². The van der Waals surface area contributed by atoms with E-state index in [-0.39, 0.29) is 5.41 Å². The monoisotopic (exact) mass is 343 g/mol. The van der Waals surface area contributed by atoms with Gasteiger partial charge in [0, 0.05) is 17.5 Å². The van der Waals surface area contributed by atoms with E-state index in [0.717, 1.165) is 31.2 Å². The van der Waals surface area contributed by atoms with Crippen LogP contribution in [0.1, 0.15) is 44.6 Å². The molecule has 1 aliphatic carbocycles. The highest BCUT2D eigenvalue weighted by Gasteiger charge is 2.46. The van der Waals surface area contributed by atoms with Crippen LogP contribution in [0.3, 0.4) is 0 Å². The minimum absolute atomic E-state index is 0.139. The van der Waals surface area contributed by atoms with Crippen LogP contribution in [-0.2, 0) is 10.2 Å². The summed E-state index contributed by atoms with van der Waals surface area (Å²) < 4.78 is 11.5. The van der Waals surface area contributed by atoms with E-state index in [2.05, 4.69) is 35.8 Å². The Hall–Kier alpha value is -1.75. The Morgan fingerprint density at radius 3 is 2.80 bits per heavy atom. The number of benzene rings is 1. The second-order valence-electron chi connectivity index (χ2n) is 7.54. The fraction of sp³-hybridized carbons (Fsp3) is 0.650. The molecule has 0 aromatic heterocycles. The van der Waals surface area contributed by atoms with E-state index in [9.17, 15) is 0 Å². The van der Waals surface area contributed by atoms with Gasteiger partial charge in [-0.1, -0.05) is 18.2 Å². The second kappa shape index (κ2) is 6.87. The highest BCUT2D eigenvalue weighted by molar-refractivity contribution is 5.80. The van der Waals surface area contributed by atoms with E-state index in [1.54, 1.807) is 7.11 Å². The van der Waals surface area contributed by atoms with Gasteiger partial charge in [-0.3, -0.25) is 4.99 Å². The summed E-state index contributed by atoms with van der Waals surface area (Å²) >= 11 is 0. The fourth-order valence-corrected chi connectivity index (χ4v) is 4.26. The normalized spacial score (nSPS) is 29.5. The van der Waals surface area contributed by atoms with Crippen molar-refractivity contribution >= 4 is 5.96 Å². The quantitative estimate of drug-likeness (QED) is 0.616. The molecular weight excluding hydrogens is 314 g/mol. The first-order chi connectivity index (χ1) is 12.2. The summed E-state index contributed by atoms with van der Waals surface area (Å²) in [6.45, 7) is 3.78. The van der Waals surface area contributed by atoms with Crippen molar-refractivity contribution in [2.24, 2.45) is 4.99 Å². The number of fused-ring (bicyclic) bond motifs is 2. The topological polar surface area (TPSA) is 54.9 Å². The summed E-state index contributed by atoms with van der Waals surface area (Å²) in [7, 11) is 1.75. The lowest BCUT2D eigenvalue weighted by molar-refractivity contribution is 0.0992. The van der Waals surface area contributed by atoms with Gasteiger partial charge in [-0.15, -0.1) is 0 Å². The lowest BCUT2D eigenvalue weighted by atomic mass is 9.95. The van der Waals surface area contributed by atoms with Crippen molar-refractivity contribution in [1.82, 2.24) is 10.6 Å². The highest BCUT2D eigenvalue weighted by Crippen LogP contribution is 2.51. The molecule has 0 amide bonds. The highest BCUT2D eigenvalue weighted by atomic mass is 16.5. The van der Waals surface area contributed by atoms with E-state index < -0.39 is 0 Å². The first-order valence-corrected chi connectivity index (χ1v) is 9.58. The predicted molar refractivity (Wildman–Crippen MR) is 99.3 cm³/mol. The second-order valence-corrected chi connectivity index (χ2v) is 7.54. The number of guanidine groups is 1. The largest absolute Gasteiger partial charge is 0.496 e. The first kappa shape index (κ1) is 16.7. The van der Waals surface area contributed by atoms with E-state index in [1.807, 2.05) is 6.07 Å². The van der Waals surface area contributed by atoms with Crippen molar-refractivity contribution in [3.05, 3.63) is 29.8 Å². The third-order valence-corrected chi connectivity index (χ3v) is 5.84. The molecule has 25 heavy (non-hydrogen) atoms. The Labute approximate surface area is 150 Å². The van der Waals surface area contributed by atoms with Crippen molar-refractivity contribution in [2.75, 3.05) is 20.2 Å². The predicted octanol–water partition coefficient (Wildman–Crippen LogP) is 2.60. The molecule has 3 unspecified atom stereocenters. The number of rotatable bonds is 6. The number of methoxy groups -OCH3 is 1. The lowest BCUT2D eigenvalue weighted by Gasteiger charge is -2.23. The average molecular weight is 343 g/mol. The Kier molecular flexibility index (Phi) is 4.59. The molecule has 2 saturated heterocycles. The third kappa shape index (κ3) is 3.34. The maximum atomic E-state index is 5.96. The molecule has 0 radical (unpaired) electrons. The van der Waals surface area contributed by atoms with E-state index >= 15 is 0 Å². The molecule has 0 spiro atoms. The van der Waals surface area contributed by atoms with Gasteiger partial charge in [0.25, 0.3) is 0 Å². The average Bonchev–Trinajstić information content (AvgIpc) is 3.14. The van der Waals surface area contributed by atoms with Gasteiger partial charge in [0.1, 0.15) is 5.75 Å². The number of hydrogen-bond donors (Lipinski definition) is 2. The smallest absolute Gasteiger partial charge is 0.191 e. The molecule has 1 saturated carbocycles. The van der Waals surface area contributed by atoms with Crippen LogP contribution >= 0.6 is 0 Å². The maximum Gasteiger partial charge on any atom is 0.191 e. The van der Waals surface area contributed by atoms with Crippen LogP contribution in [0, 0.1) is 0 Å². The molecule has 1 aromatic carbocycles. The van der Waals surface area contributed by atoms with Gasteiger partial charge < -0.3 is 20.1 Å². The Morgan fingerprint density at radius 2 is 2.16 bits per heavy atom. The summed E-state index contributed by atoms with van der Waals surface area (Å²) in [5.41, 5.74) is 1.43. The SMILES string of the molecule is CCNC(=NCC1(c2ccccc2OC)CC1)NC1CC2CCC1O2. The molecule has 2 aliphatic heterocycles. The molecule has 5 nitrogen and oxygen atoms in total. The molecule has 5 heteroatoms. The van der Waals surface area contributed by atoms with Gasteiger partial charge in [-0.05, 0) is 45.1 Å². The molecular formula is C20H29N3O2. The van der Waals surface area contributed by atoms with Gasteiger partial charge in [0.05, 0.1) is 31.9 Å². The molecule has 3 atom stereocenters. The molecule has 2 bridgehead atoms. The summed E-state index contributed by atoms with van der Waals surface area (Å²) in [4.78, 5) is 4.93. The molecule has 2 N–H and O–H groups in total. The van der Waals surface area contributed by atoms with E-state index in [1.165, 1.54) is 31.2 Å². The third-order valence-electron chi connectivity index (χ3n) is 5.84. The number of nitrogens with zero attached hydrogens (tertiary/aromatic N) is 1. The molecule has 1 aromatic rings. The fourth-order valence-electron chi connectivity index (χ4n) is 4.26. The van der Waals surface area contributed by atoms with Gasteiger partial charge in [-0.2, -0.15) is 0 Å². The summed E-state index contributed by atoms with van der Waals surface area (Å²) in [6, 6.07) is 8.76. The van der Waals surface area contributed by atoms with Gasteiger partial charge in [0.15, 0.2) is 5.96 Å². The Balaban J connectivity index is 1.46. The van der Waals surface area contributed by atoms with Crippen LogP contribution in [-0.4, -0.2) is 44.4 Å². The van der Waals surface area contributed by atoms with Crippen LogP contribution in [0.25, 0.3) is 0 Å². The number of para-hydroxylation sites is 1. The zero-order valence-corrected chi connectivity index (χ0v) is 15.3. The van der Waals surface area contributed by atoms with E-state index in [0.29, 0.717) is 18.2 Å². The number of ether oxygens (including phenoxy) is 2. The van der Waals surface area contributed by atoms with Gasteiger partial charge in [-0.25, -0.2) is 0 Å². The van der Waals surface area contributed by atoms with Crippen LogP contribution in [0.15, 0.2) is 29.3 Å². The van der Waals surface area contributed by atoms with Crippen molar-refractivity contribution in [3.8, 4) is 5.75 Å². The summed E-state index contributed by atoms with van der Waals surface area (Å²) in [5.74, 6) is 1.90. The Bertz CT molecular complexity index is 642. The Morgan fingerprint density at radius 1 is 1.32 bits per heavy atom. The minimum atomic E-state index is 0.139. The zero-order valence-electron chi connectivity index (χ0n) is 15.3. The number of nitrogens with one attached hydrogen (secondary N) is 2. The molecule has 4 rings (SSSR count). The van der Waals surface area contributed by atoms with Crippen molar-refractivity contribution < 1.29 is 9.47 Å². The number of aliphatic imine (C=N–C) groups is 1.